The number of hydrogen-bond acceptors (Lipinski definition) is 4. The van der Waals surface area contributed by atoms with Crippen molar-refractivity contribution >= 4 is 40.3 Å². The van der Waals surface area contributed by atoms with E-state index in [1.54, 1.807) is 0 Å². The van der Waals surface area contributed by atoms with E-state index in [1.165, 1.54) is 11.8 Å². The van der Waals surface area contributed by atoms with Gasteiger partial charge in [0.1, 0.15) is 5.75 Å². The first-order valence-electron chi connectivity index (χ1n) is 7.90. The third kappa shape index (κ3) is 4.90. The van der Waals surface area contributed by atoms with E-state index < -0.39 is 0 Å². The van der Waals surface area contributed by atoms with Gasteiger partial charge in [-0.3, -0.25) is 4.79 Å². The van der Waals surface area contributed by atoms with Crippen molar-refractivity contribution < 1.29 is 9.53 Å². The number of aromatic nitrogens is 2. The fraction of sp³-hybridized carbons (Fsp3) is 0.222. The van der Waals surface area contributed by atoms with E-state index in [0.29, 0.717) is 29.1 Å². The van der Waals surface area contributed by atoms with Crippen LogP contribution in [0.2, 0.25) is 5.02 Å². The minimum Gasteiger partial charge on any atom is -0.494 e. The van der Waals surface area contributed by atoms with Crippen molar-refractivity contribution in [1.82, 2.24) is 15.3 Å². The summed E-state index contributed by atoms with van der Waals surface area (Å²) in [5.41, 5.74) is 2.76. The van der Waals surface area contributed by atoms with Gasteiger partial charge in [-0.05, 0) is 36.8 Å². The van der Waals surface area contributed by atoms with Crippen LogP contribution in [-0.2, 0) is 11.3 Å². The van der Waals surface area contributed by atoms with Gasteiger partial charge in [0.05, 0.1) is 23.4 Å². The molecule has 5 nitrogen and oxygen atoms in total. The first-order chi connectivity index (χ1) is 12.1. The molecule has 0 aliphatic heterocycles. The lowest BCUT2D eigenvalue weighted by Crippen LogP contribution is -2.24. The Morgan fingerprint density at radius 1 is 1.28 bits per heavy atom. The number of H-pyrrole nitrogens is 1. The second kappa shape index (κ2) is 8.27. The lowest BCUT2D eigenvalue weighted by atomic mass is 10.2. The number of carbonyl (C=O) groups excluding carboxylic acids is 1. The van der Waals surface area contributed by atoms with E-state index in [2.05, 4.69) is 15.3 Å². The lowest BCUT2D eigenvalue weighted by Gasteiger charge is -2.04. The van der Waals surface area contributed by atoms with Gasteiger partial charge in [-0.2, -0.15) is 0 Å². The number of carbonyl (C=O) groups is 1. The van der Waals surface area contributed by atoms with Crippen molar-refractivity contribution in [3.63, 3.8) is 0 Å². The molecular weight excluding hydrogens is 358 g/mol. The predicted octanol–water partition coefficient (Wildman–Crippen LogP) is 4.02. The Balaban J connectivity index is 1.52. The molecule has 7 heteroatoms. The monoisotopic (exact) mass is 375 g/mol. The highest BCUT2D eigenvalue weighted by Crippen LogP contribution is 2.23. The summed E-state index contributed by atoms with van der Waals surface area (Å²) < 4.78 is 5.48. The van der Waals surface area contributed by atoms with Crippen LogP contribution in [0.15, 0.2) is 47.6 Å². The Kier molecular flexibility index (Phi) is 5.83. The van der Waals surface area contributed by atoms with Gasteiger partial charge < -0.3 is 15.0 Å². The van der Waals surface area contributed by atoms with Gasteiger partial charge >= 0.3 is 0 Å². The number of benzene rings is 2. The maximum Gasteiger partial charge on any atom is 0.230 e. The number of nitrogens with one attached hydrogen (secondary N) is 2. The zero-order valence-electron chi connectivity index (χ0n) is 13.7. The predicted molar refractivity (Wildman–Crippen MR) is 101 cm³/mol. The van der Waals surface area contributed by atoms with Crippen molar-refractivity contribution in [3.8, 4) is 5.75 Å². The zero-order valence-corrected chi connectivity index (χ0v) is 15.3. The highest BCUT2D eigenvalue weighted by Gasteiger charge is 2.08. The van der Waals surface area contributed by atoms with Crippen LogP contribution in [0, 0.1) is 0 Å². The molecule has 2 N–H and O–H groups in total. The minimum absolute atomic E-state index is 0.0459. The number of aromatic amines is 1. The molecule has 0 aliphatic carbocycles. The smallest absolute Gasteiger partial charge is 0.230 e. The normalized spacial score (nSPS) is 10.8. The van der Waals surface area contributed by atoms with Crippen LogP contribution in [0.5, 0.6) is 5.75 Å². The lowest BCUT2D eigenvalue weighted by molar-refractivity contribution is -0.118. The number of amides is 1. The van der Waals surface area contributed by atoms with Crippen molar-refractivity contribution in [1.29, 1.82) is 0 Å². The molecule has 0 unspecified atom stereocenters. The summed E-state index contributed by atoms with van der Waals surface area (Å²) >= 11 is 7.21. The molecule has 25 heavy (non-hydrogen) atoms. The second-order valence-corrected chi connectivity index (χ2v) is 6.75. The van der Waals surface area contributed by atoms with E-state index >= 15 is 0 Å². The number of fused-ring (bicyclic) bond motifs is 1. The van der Waals surface area contributed by atoms with Gasteiger partial charge in [0, 0.05) is 17.6 Å². The van der Waals surface area contributed by atoms with Crippen LogP contribution in [0.4, 0.5) is 0 Å². The summed E-state index contributed by atoms with van der Waals surface area (Å²) in [5.74, 6) is 1.05. The van der Waals surface area contributed by atoms with Crippen molar-refractivity contribution in [2.45, 2.75) is 18.6 Å². The fourth-order valence-electron chi connectivity index (χ4n) is 2.28. The van der Waals surface area contributed by atoms with E-state index in [9.17, 15) is 4.79 Å². The summed E-state index contributed by atoms with van der Waals surface area (Å²) in [5, 5.41) is 4.28. The Hall–Kier alpha value is -2.18. The number of hydrogen-bond donors (Lipinski definition) is 2. The molecule has 0 saturated carbocycles. The molecule has 3 rings (SSSR count). The number of thioether (sulfide) groups is 1. The van der Waals surface area contributed by atoms with Crippen LogP contribution in [0.3, 0.4) is 0 Å². The fourth-order valence-corrected chi connectivity index (χ4v) is 3.12. The molecule has 0 saturated heterocycles. The zero-order chi connectivity index (χ0) is 17.6. The van der Waals surface area contributed by atoms with Gasteiger partial charge in [-0.25, -0.2) is 4.98 Å². The summed E-state index contributed by atoms with van der Waals surface area (Å²) in [6.45, 7) is 3.05. The van der Waals surface area contributed by atoms with Gasteiger partial charge in [0.2, 0.25) is 5.91 Å². The van der Waals surface area contributed by atoms with Crippen LogP contribution in [0.25, 0.3) is 11.0 Å². The van der Waals surface area contributed by atoms with E-state index in [-0.39, 0.29) is 5.91 Å². The molecule has 2 aromatic carbocycles. The highest BCUT2D eigenvalue weighted by atomic mass is 35.5. The van der Waals surface area contributed by atoms with Crippen LogP contribution in [-0.4, -0.2) is 28.2 Å². The van der Waals surface area contributed by atoms with Gasteiger partial charge in [0.15, 0.2) is 5.16 Å². The van der Waals surface area contributed by atoms with Crippen LogP contribution in [0.1, 0.15) is 12.5 Å². The average molecular weight is 376 g/mol. The van der Waals surface area contributed by atoms with E-state index in [0.717, 1.165) is 22.3 Å². The first-order valence-corrected chi connectivity index (χ1v) is 9.27. The van der Waals surface area contributed by atoms with Crippen molar-refractivity contribution in [2.75, 3.05) is 12.4 Å². The Morgan fingerprint density at radius 3 is 2.84 bits per heavy atom. The minimum atomic E-state index is -0.0459. The standard InChI is InChI=1S/C18H18ClN3O2S/c1-2-24-14-7-8-15-16(9-14)22-18(21-15)25-11-17(23)20-10-12-3-5-13(19)6-4-12/h3-9H,2,10-11H2,1H3,(H,20,23)(H,21,22). The third-order valence-electron chi connectivity index (χ3n) is 3.49. The molecule has 0 radical (unpaired) electrons. The number of nitrogens with zero attached hydrogens (tertiary/aromatic N) is 1. The van der Waals surface area contributed by atoms with E-state index in [1.807, 2.05) is 49.4 Å². The maximum absolute atomic E-state index is 12.0. The largest absolute Gasteiger partial charge is 0.494 e. The van der Waals surface area contributed by atoms with Gasteiger partial charge in [-0.15, -0.1) is 0 Å². The third-order valence-corrected chi connectivity index (χ3v) is 4.61. The molecule has 0 atom stereocenters. The van der Waals surface area contributed by atoms with Crippen molar-refractivity contribution in [2.24, 2.45) is 0 Å². The molecular formula is C18H18ClN3O2S. The summed E-state index contributed by atoms with van der Waals surface area (Å²) in [6, 6.07) is 13.1. The summed E-state index contributed by atoms with van der Waals surface area (Å²) in [7, 11) is 0. The number of rotatable bonds is 7. The van der Waals surface area contributed by atoms with Gasteiger partial charge in [-0.1, -0.05) is 35.5 Å². The van der Waals surface area contributed by atoms with Gasteiger partial charge in [0.25, 0.3) is 0 Å². The Labute approximate surface area is 155 Å². The quantitative estimate of drug-likeness (QED) is 0.612. The number of ether oxygens (including phenoxy) is 1. The molecule has 1 amide bonds. The molecule has 1 heterocycles. The topological polar surface area (TPSA) is 67.0 Å². The molecule has 0 spiro atoms. The molecule has 3 aromatic rings. The Bertz CT molecular complexity index is 864. The molecule has 0 bridgehead atoms. The average Bonchev–Trinajstić information content (AvgIpc) is 3.02. The number of imidazole rings is 1. The SMILES string of the molecule is CCOc1ccc2nc(SCC(=O)NCc3ccc(Cl)cc3)[nH]c2c1. The molecule has 1 aromatic heterocycles. The first kappa shape index (κ1) is 17.6. The van der Waals surface area contributed by atoms with Crippen LogP contribution >= 0.6 is 23.4 Å². The molecule has 0 aliphatic rings. The van der Waals surface area contributed by atoms with Crippen LogP contribution < -0.4 is 10.1 Å². The maximum atomic E-state index is 12.0. The van der Waals surface area contributed by atoms with E-state index in [4.69, 9.17) is 16.3 Å². The Morgan fingerprint density at radius 2 is 2.08 bits per heavy atom. The number of halogens is 1. The second-order valence-electron chi connectivity index (χ2n) is 5.35. The molecule has 0 fully saturated rings. The molecule has 130 valence electrons. The highest BCUT2D eigenvalue weighted by molar-refractivity contribution is 7.99. The summed E-state index contributed by atoms with van der Waals surface area (Å²) in [6.07, 6.45) is 0. The van der Waals surface area contributed by atoms with Crippen molar-refractivity contribution in [3.05, 3.63) is 53.1 Å². The summed E-state index contributed by atoms with van der Waals surface area (Å²) in [4.78, 5) is 19.7.